The lowest BCUT2D eigenvalue weighted by atomic mass is 9.92. The standard InChI is InChI=1S/C9H19N3O2/c1-6(7(10)13)12-5-9(2,3)8(14)11-4/h6,12H,5H2,1-4H3,(H2,10,13)(H,11,14). The third kappa shape index (κ3) is 3.74. The topological polar surface area (TPSA) is 84.2 Å². The van der Waals surface area contributed by atoms with Crippen molar-refractivity contribution in [2.45, 2.75) is 26.8 Å². The van der Waals surface area contributed by atoms with Crippen LogP contribution in [0.25, 0.3) is 0 Å². The van der Waals surface area contributed by atoms with Crippen molar-refractivity contribution in [2.24, 2.45) is 11.1 Å². The van der Waals surface area contributed by atoms with Crippen LogP contribution in [0, 0.1) is 5.41 Å². The monoisotopic (exact) mass is 201 g/mol. The molecule has 0 bridgehead atoms. The first-order valence-corrected chi connectivity index (χ1v) is 4.56. The number of nitrogens with one attached hydrogen (secondary N) is 2. The molecule has 4 N–H and O–H groups in total. The molecule has 0 aromatic heterocycles. The molecule has 0 saturated carbocycles. The van der Waals surface area contributed by atoms with Crippen LogP contribution in [0.15, 0.2) is 0 Å². The summed E-state index contributed by atoms with van der Waals surface area (Å²) in [6.45, 7) is 5.68. The minimum absolute atomic E-state index is 0.0679. The molecule has 2 amide bonds. The van der Waals surface area contributed by atoms with E-state index in [0.717, 1.165) is 0 Å². The Morgan fingerprint density at radius 3 is 2.29 bits per heavy atom. The maximum atomic E-state index is 11.3. The average Bonchev–Trinajstić information content (AvgIpc) is 2.12. The van der Waals surface area contributed by atoms with Gasteiger partial charge in [-0.25, -0.2) is 0 Å². The molecule has 0 spiro atoms. The summed E-state index contributed by atoms with van der Waals surface area (Å²) in [5.74, 6) is -0.487. The molecule has 82 valence electrons. The Morgan fingerprint density at radius 2 is 1.93 bits per heavy atom. The van der Waals surface area contributed by atoms with Crippen molar-refractivity contribution in [3.63, 3.8) is 0 Å². The third-order valence-electron chi connectivity index (χ3n) is 2.12. The maximum absolute atomic E-state index is 11.3. The van der Waals surface area contributed by atoms with Gasteiger partial charge in [-0.05, 0) is 20.8 Å². The lowest BCUT2D eigenvalue weighted by molar-refractivity contribution is -0.129. The summed E-state index contributed by atoms with van der Waals surface area (Å²) in [4.78, 5) is 22.1. The number of hydrogen-bond donors (Lipinski definition) is 3. The zero-order valence-corrected chi connectivity index (χ0v) is 9.18. The van der Waals surface area contributed by atoms with Crippen LogP contribution >= 0.6 is 0 Å². The summed E-state index contributed by atoms with van der Waals surface area (Å²) in [6, 6.07) is -0.418. The molecule has 0 rings (SSSR count). The number of primary amides is 1. The van der Waals surface area contributed by atoms with E-state index in [-0.39, 0.29) is 5.91 Å². The van der Waals surface area contributed by atoms with Gasteiger partial charge < -0.3 is 16.4 Å². The molecule has 0 aliphatic rings. The number of nitrogens with two attached hydrogens (primary N) is 1. The van der Waals surface area contributed by atoms with E-state index in [1.165, 1.54) is 0 Å². The average molecular weight is 201 g/mol. The van der Waals surface area contributed by atoms with Gasteiger partial charge in [0, 0.05) is 13.6 Å². The van der Waals surface area contributed by atoms with Gasteiger partial charge >= 0.3 is 0 Å². The van der Waals surface area contributed by atoms with Gasteiger partial charge in [-0.15, -0.1) is 0 Å². The highest BCUT2D eigenvalue weighted by molar-refractivity contribution is 5.82. The van der Waals surface area contributed by atoms with Gasteiger partial charge in [0.15, 0.2) is 0 Å². The first kappa shape index (κ1) is 12.9. The molecule has 5 nitrogen and oxygen atoms in total. The van der Waals surface area contributed by atoms with Crippen LogP contribution in [0.5, 0.6) is 0 Å². The molecule has 0 aliphatic heterocycles. The molecule has 5 heteroatoms. The van der Waals surface area contributed by atoms with Gasteiger partial charge in [0.2, 0.25) is 11.8 Å². The molecular formula is C9H19N3O2. The molecule has 1 unspecified atom stereocenters. The highest BCUT2D eigenvalue weighted by atomic mass is 16.2. The van der Waals surface area contributed by atoms with Crippen molar-refractivity contribution in [3.05, 3.63) is 0 Å². The maximum Gasteiger partial charge on any atom is 0.234 e. The minimum Gasteiger partial charge on any atom is -0.368 e. The number of rotatable bonds is 5. The predicted molar refractivity (Wildman–Crippen MR) is 54.5 cm³/mol. The Kier molecular flexibility index (Phi) is 4.56. The van der Waals surface area contributed by atoms with Gasteiger partial charge in [-0.2, -0.15) is 0 Å². The van der Waals surface area contributed by atoms with Gasteiger partial charge in [-0.1, -0.05) is 0 Å². The van der Waals surface area contributed by atoms with E-state index in [1.807, 2.05) is 0 Å². The Hall–Kier alpha value is -1.10. The first-order valence-electron chi connectivity index (χ1n) is 4.56. The van der Waals surface area contributed by atoms with E-state index in [2.05, 4.69) is 10.6 Å². The second-order valence-corrected chi connectivity index (χ2v) is 3.97. The molecule has 0 aliphatic carbocycles. The quantitative estimate of drug-likeness (QED) is 0.545. The van der Waals surface area contributed by atoms with Crippen molar-refractivity contribution >= 4 is 11.8 Å². The molecular weight excluding hydrogens is 182 g/mol. The van der Waals surface area contributed by atoms with E-state index < -0.39 is 17.4 Å². The van der Waals surface area contributed by atoms with Crippen LogP contribution in [-0.2, 0) is 9.59 Å². The second-order valence-electron chi connectivity index (χ2n) is 3.97. The van der Waals surface area contributed by atoms with Crippen molar-refractivity contribution in [2.75, 3.05) is 13.6 Å². The summed E-state index contributed by atoms with van der Waals surface area (Å²) in [6.07, 6.45) is 0. The third-order valence-corrected chi connectivity index (χ3v) is 2.12. The number of carbonyl (C=O) groups excluding carboxylic acids is 2. The SMILES string of the molecule is CNC(=O)C(C)(C)CNC(C)C(N)=O. The van der Waals surface area contributed by atoms with Gasteiger partial charge in [0.05, 0.1) is 11.5 Å². The largest absolute Gasteiger partial charge is 0.368 e. The Bertz CT molecular complexity index is 226. The zero-order chi connectivity index (χ0) is 11.4. The second kappa shape index (κ2) is 4.95. The van der Waals surface area contributed by atoms with Crippen molar-refractivity contribution in [1.29, 1.82) is 0 Å². The first-order chi connectivity index (χ1) is 6.31. The molecule has 0 heterocycles. The Labute approximate surface area is 84.4 Å². The fraction of sp³-hybridized carbons (Fsp3) is 0.778. The van der Waals surface area contributed by atoms with Crippen LogP contribution < -0.4 is 16.4 Å². The van der Waals surface area contributed by atoms with Crippen LogP contribution in [0.2, 0.25) is 0 Å². The van der Waals surface area contributed by atoms with E-state index in [4.69, 9.17) is 5.73 Å². The smallest absolute Gasteiger partial charge is 0.234 e. The van der Waals surface area contributed by atoms with Crippen LogP contribution in [0.1, 0.15) is 20.8 Å². The molecule has 0 radical (unpaired) electrons. The van der Waals surface area contributed by atoms with E-state index in [1.54, 1.807) is 27.8 Å². The van der Waals surface area contributed by atoms with E-state index >= 15 is 0 Å². The van der Waals surface area contributed by atoms with Crippen LogP contribution in [0.4, 0.5) is 0 Å². The summed E-state index contributed by atoms with van der Waals surface area (Å²) in [5.41, 5.74) is 4.53. The fourth-order valence-electron chi connectivity index (χ4n) is 0.928. The van der Waals surface area contributed by atoms with Gasteiger partial charge in [0.1, 0.15) is 0 Å². The predicted octanol–water partition coefficient (Wildman–Crippen LogP) is -0.778. The molecule has 0 saturated heterocycles. The van der Waals surface area contributed by atoms with Crippen molar-refractivity contribution in [1.82, 2.24) is 10.6 Å². The van der Waals surface area contributed by atoms with E-state index in [9.17, 15) is 9.59 Å². The van der Waals surface area contributed by atoms with Gasteiger partial charge in [0.25, 0.3) is 0 Å². The normalized spacial score (nSPS) is 13.4. The summed E-state index contributed by atoms with van der Waals surface area (Å²) < 4.78 is 0. The molecule has 0 fully saturated rings. The molecule has 1 atom stereocenters. The summed E-state index contributed by atoms with van der Waals surface area (Å²) in [7, 11) is 1.58. The minimum atomic E-state index is -0.543. The van der Waals surface area contributed by atoms with Crippen molar-refractivity contribution < 1.29 is 9.59 Å². The lowest BCUT2D eigenvalue weighted by Crippen LogP contribution is -2.47. The highest BCUT2D eigenvalue weighted by Crippen LogP contribution is 2.13. The number of amides is 2. The highest BCUT2D eigenvalue weighted by Gasteiger charge is 2.27. The Balaban J connectivity index is 4.11. The number of hydrogen-bond acceptors (Lipinski definition) is 3. The van der Waals surface area contributed by atoms with Crippen LogP contribution in [-0.4, -0.2) is 31.4 Å². The summed E-state index contributed by atoms with van der Waals surface area (Å²) in [5, 5.41) is 5.47. The molecule has 0 aromatic carbocycles. The molecule has 14 heavy (non-hydrogen) atoms. The summed E-state index contributed by atoms with van der Waals surface area (Å²) >= 11 is 0. The van der Waals surface area contributed by atoms with Gasteiger partial charge in [-0.3, -0.25) is 9.59 Å². The lowest BCUT2D eigenvalue weighted by Gasteiger charge is -2.24. The van der Waals surface area contributed by atoms with E-state index in [0.29, 0.717) is 6.54 Å². The fourth-order valence-corrected chi connectivity index (χ4v) is 0.928. The zero-order valence-electron chi connectivity index (χ0n) is 9.18. The number of carbonyl (C=O) groups is 2. The molecule has 0 aromatic rings. The Morgan fingerprint density at radius 1 is 1.43 bits per heavy atom. The van der Waals surface area contributed by atoms with Crippen LogP contribution in [0.3, 0.4) is 0 Å². The van der Waals surface area contributed by atoms with Crippen molar-refractivity contribution in [3.8, 4) is 0 Å².